The molecule has 9 heteroatoms. The van der Waals surface area contributed by atoms with Gasteiger partial charge in [0.2, 0.25) is 15.9 Å². The smallest absolute Gasteiger partial charge is 0.246 e. The van der Waals surface area contributed by atoms with Crippen molar-refractivity contribution < 1.29 is 22.7 Å². The molecule has 1 aliphatic rings. The molecule has 0 unspecified atom stereocenters. The van der Waals surface area contributed by atoms with Gasteiger partial charge in [-0.3, -0.25) is 4.79 Å². The number of methoxy groups -OCH3 is 2. The van der Waals surface area contributed by atoms with Gasteiger partial charge in [-0.05, 0) is 30.3 Å². The van der Waals surface area contributed by atoms with Crippen molar-refractivity contribution in [2.24, 2.45) is 0 Å². The lowest BCUT2D eigenvalue weighted by atomic mass is 10.2. The predicted octanol–water partition coefficient (Wildman–Crippen LogP) is 2.17. The second-order valence-electron chi connectivity index (χ2n) is 6.64. The fourth-order valence-electron chi connectivity index (χ4n) is 3.29. The van der Waals surface area contributed by atoms with Crippen molar-refractivity contribution in [3.05, 3.63) is 42.5 Å². The highest BCUT2D eigenvalue weighted by atomic mass is 32.2. The Bertz CT molecular complexity index is 985. The molecule has 2 aromatic rings. The Morgan fingerprint density at radius 2 is 1.72 bits per heavy atom. The minimum atomic E-state index is -3.78. The number of hydrogen-bond acceptors (Lipinski definition) is 6. The number of sulfonamides is 1. The van der Waals surface area contributed by atoms with Crippen LogP contribution in [0.4, 0.5) is 11.4 Å². The maximum Gasteiger partial charge on any atom is 0.246 e. The molecule has 0 radical (unpaired) electrons. The summed E-state index contributed by atoms with van der Waals surface area (Å²) in [4.78, 5) is 13.5. The second-order valence-corrected chi connectivity index (χ2v) is 8.55. The summed E-state index contributed by atoms with van der Waals surface area (Å²) < 4.78 is 38.5. The number of nitrogens with zero attached hydrogens (tertiary/aromatic N) is 2. The van der Waals surface area contributed by atoms with Crippen LogP contribution < -0.4 is 19.7 Å². The number of nitrogens with one attached hydrogen (secondary N) is 1. The highest BCUT2D eigenvalue weighted by Crippen LogP contribution is 2.31. The summed E-state index contributed by atoms with van der Waals surface area (Å²) in [5, 5.41) is 2.61. The predicted molar refractivity (Wildman–Crippen MR) is 111 cm³/mol. The molecular weight excluding hydrogens is 394 g/mol. The summed E-state index contributed by atoms with van der Waals surface area (Å²) in [6.07, 6.45) is 0. The molecule has 1 fully saturated rings. The largest absolute Gasteiger partial charge is 0.497 e. The third kappa shape index (κ3) is 4.63. The number of anilines is 2. The van der Waals surface area contributed by atoms with E-state index in [9.17, 15) is 13.2 Å². The summed E-state index contributed by atoms with van der Waals surface area (Å²) >= 11 is 0. The summed E-state index contributed by atoms with van der Waals surface area (Å²) in [5.41, 5.74) is 1.40. The van der Waals surface area contributed by atoms with Crippen molar-refractivity contribution >= 4 is 27.3 Å². The van der Waals surface area contributed by atoms with E-state index in [4.69, 9.17) is 9.47 Å². The van der Waals surface area contributed by atoms with Crippen molar-refractivity contribution in [2.45, 2.75) is 11.8 Å². The molecule has 1 aliphatic heterocycles. The first-order valence-corrected chi connectivity index (χ1v) is 10.6. The van der Waals surface area contributed by atoms with Gasteiger partial charge in [0.1, 0.15) is 16.4 Å². The number of hydrogen-bond donors (Lipinski definition) is 1. The van der Waals surface area contributed by atoms with Gasteiger partial charge in [-0.25, -0.2) is 8.42 Å². The maximum atomic E-state index is 13.2. The van der Waals surface area contributed by atoms with E-state index in [-0.39, 0.29) is 16.6 Å². The van der Waals surface area contributed by atoms with Crippen molar-refractivity contribution in [1.82, 2.24) is 4.31 Å². The lowest BCUT2D eigenvalue weighted by Crippen LogP contribution is -2.48. The molecule has 1 N–H and O–H groups in total. The Morgan fingerprint density at radius 1 is 1.00 bits per heavy atom. The van der Waals surface area contributed by atoms with Gasteiger partial charge >= 0.3 is 0 Å². The number of piperazine rings is 1. The van der Waals surface area contributed by atoms with E-state index in [0.29, 0.717) is 31.9 Å². The molecule has 2 aromatic carbocycles. The van der Waals surface area contributed by atoms with Crippen molar-refractivity contribution in [3.8, 4) is 11.5 Å². The number of amides is 1. The Kier molecular flexibility index (Phi) is 6.29. The van der Waals surface area contributed by atoms with Crippen LogP contribution in [-0.4, -0.2) is 59.0 Å². The maximum absolute atomic E-state index is 13.2. The van der Waals surface area contributed by atoms with Crippen LogP contribution in [0.2, 0.25) is 0 Å². The first-order valence-electron chi connectivity index (χ1n) is 9.20. The number of rotatable bonds is 6. The molecule has 1 amide bonds. The molecular formula is C20H25N3O5S. The molecule has 3 rings (SSSR count). The topological polar surface area (TPSA) is 88.2 Å². The van der Waals surface area contributed by atoms with Gasteiger partial charge in [-0.15, -0.1) is 0 Å². The van der Waals surface area contributed by atoms with Crippen LogP contribution in [0.15, 0.2) is 47.4 Å². The molecule has 0 aromatic heterocycles. The fraction of sp³-hybridized carbons (Fsp3) is 0.350. The molecule has 8 nitrogen and oxygen atoms in total. The van der Waals surface area contributed by atoms with E-state index in [2.05, 4.69) is 10.2 Å². The lowest BCUT2D eigenvalue weighted by Gasteiger charge is -2.35. The minimum Gasteiger partial charge on any atom is -0.497 e. The average molecular weight is 420 g/mol. The zero-order chi connectivity index (χ0) is 21.0. The van der Waals surface area contributed by atoms with Gasteiger partial charge in [0.05, 0.1) is 14.2 Å². The number of benzene rings is 2. The Hall–Kier alpha value is -2.78. The van der Waals surface area contributed by atoms with E-state index in [1.807, 2.05) is 24.3 Å². The molecule has 156 valence electrons. The van der Waals surface area contributed by atoms with Gasteiger partial charge in [-0.2, -0.15) is 4.31 Å². The monoisotopic (exact) mass is 419 g/mol. The Morgan fingerprint density at radius 3 is 2.34 bits per heavy atom. The van der Waals surface area contributed by atoms with Crippen LogP contribution in [0, 0.1) is 0 Å². The molecule has 1 saturated heterocycles. The van der Waals surface area contributed by atoms with Crippen LogP contribution in [0.3, 0.4) is 0 Å². The van der Waals surface area contributed by atoms with Crippen LogP contribution in [0.1, 0.15) is 6.92 Å². The molecule has 0 spiro atoms. The van der Waals surface area contributed by atoms with Crippen molar-refractivity contribution in [1.29, 1.82) is 0 Å². The average Bonchev–Trinajstić information content (AvgIpc) is 2.73. The first kappa shape index (κ1) is 20.9. The van der Waals surface area contributed by atoms with E-state index < -0.39 is 10.0 Å². The lowest BCUT2D eigenvalue weighted by molar-refractivity contribution is -0.114. The summed E-state index contributed by atoms with van der Waals surface area (Å²) in [6, 6.07) is 12.3. The van der Waals surface area contributed by atoms with Crippen LogP contribution in [0.5, 0.6) is 11.5 Å². The number of carbonyl (C=O) groups is 1. The third-order valence-electron chi connectivity index (χ3n) is 4.76. The molecule has 0 bridgehead atoms. The van der Waals surface area contributed by atoms with E-state index in [1.165, 1.54) is 24.4 Å². The normalized spacial score (nSPS) is 15.1. The molecule has 0 aliphatic carbocycles. The van der Waals surface area contributed by atoms with Crippen LogP contribution in [-0.2, 0) is 14.8 Å². The molecule has 0 saturated carbocycles. The van der Waals surface area contributed by atoms with E-state index in [0.717, 1.165) is 11.4 Å². The van der Waals surface area contributed by atoms with Crippen molar-refractivity contribution in [3.63, 3.8) is 0 Å². The van der Waals surface area contributed by atoms with E-state index >= 15 is 0 Å². The van der Waals surface area contributed by atoms with Gasteiger partial charge in [0.25, 0.3) is 0 Å². The highest BCUT2D eigenvalue weighted by molar-refractivity contribution is 7.89. The highest BCUT2D eigenvalue weighted by Gasteiger charge is 2.31. The third-order valence-corrected chi connectivity index (χ3v) is 6.68. The van der Waals surface area contributed by atoms with Crippen LogP contribution >= 0.6 is 0 Å². The van der Waals surface area contributed by atoms with Gasteiger partial charge < -0.3 is 19.7 Å². The quantitative estimate of drug-likeness (QED) is 0.772. The Labute approximate surface area is 171 Å². The van der Waals surface area contributed by atoms with Gasteiger partial charge in [0.15, 0.2) is 0 Å². The standard InChI is InChI=1S/C20H25N3O5S/c1-15(24)21-16-7-8-19(28-3)20(13-16)29(25,26)23-11-9-22(10-12-23)17-5-4-6-18(14-17)27-2/h4-8,13-14H,9-12H2,1-3H3,(H,21,24). The fourth-order valence-corrected chi connectivity index (χ4v) is 4.90. The van der Waals surface area contributed by atoms with Crippen molar-refractivity contribution in [2.75, 3.05) is 50.6 Å². The molecule has 1 heterocycles. The second kappa shape index (κ2) is 8.71. The summed E-state index contributed by atoms with van der Waals surface area (Å²) in [7, 11) is -0.735. The summed E-state index contributed by atoms with van der Waals surface area (Å²) in [6.45, 7) is 3.16. The minimum absolute atomic E-state index is 0.0427. The van der Waals surface area contributed by atoms with E-state index in [1.54, 1.807) is 19.2 Å². The van der Waals surface area contributed by atoms with Crippen LogP contribution in [0.25, 0.3) is 0 Å². The number of ether oxygens (including phenoxy) is 2. The zero-order valence-electron chi connectivity index (χ0n) is 16.7. The number of carbonyl (C=O) groups excluding carboxylic acids is 1. The first-order chi connectivity index (χ1) is 13.8. The SMILES string of the molecule is COc1cccc(N2CCN(S(=O)(=O)c3cc(NC(C)=O)ccc3OC)CC2)c1. The molecule has 0 atom stereocenters. The zero-order valence-corrected chi connectivity index (χ0v) is 17.5. The molecule has 29 heavy (non-hydrogen) atoms. The Balaban J connectivity index is 1.80. The van der Waals surface area contributed by atoms with Gasteiger partial charge in [-0.1, -0.05) is 6.07 Å². The summed E-state index contributed by atoms with van der Waals surface area (Å²) in [5.74, 6) is 0.733. The van der Waals surface area contributed by atoms with Gasteiger partial charge in [0, 0.05) is 50.5 Å².